The molecule has 0 unspecified atom stereocenters. The van der Waals surface area contributed by atoms with Crippen LogP contribution in [0.15, 0.2) is 45.4 Å². The maximum absolute atomic E-state index is 13.4. The van der Waals surface area contributed by atoms with Gasteiger partial charge in [-0.05, 0) is 30.3 Å². The summed E-state index contributed by atoms with van der Waals surface area (Å²) in [6.07, 6.45) is 1.55. The number of nitrogens with one attached hydrogen (secondary N) is 1. The number of furan rings is 1. The molecule has 168 valence electrons. The molecule has 1 saturated heterocycles. The highest BCUT2D eigenvalue weighted by Crippen LogP contribution is 2.28. The van der Waals surface area contributed by atoms with Gasteiger partial charge in [0, 0.05) is 31.7 Å². The zero-order valence-electron chi connectivity index (χ0n) is 16.8. The van der Waals surface area contributed by atoms with Crippen molar-refractivity contribution in [2.45, 2.75) is 10.9 Å². The first-order valence-corrected chi connectivity index (χ1v) is 11.5. The van der Waals surface area contributed by atoms with Crippen LogP contribution in [0.2, 0.25) is 0 Å². The summed E-state index contributed by atoms with van der Waals surface area (Å²) in [6, 6.07) is 6.71. The number of carbonyl (C=O) groups excluding carboxylic acids is 2. The predicted molar refractivity (Wildman–Crippen MR) is 116 cm³/mol. The standard InChI is InChI=1S/C20H19F2N5O3S2/c21-15-4-3-13(10-16(15)22)18(29)26-5-7-27(8-6-26)19-24-25-20(32-19)31-12-17(28)23-11-14-2-1-9-30-14/h1-4,9-10H,5-8,11-12H2,(H,23,28). The van der Waals surface area contributed by atoms with Crippen LogP contribution >= 0.6 is 23.1 Å². The highest BCUT2D eigenvalue weighted by Gasteiger charge is 2.25. The Morgan fingerprint density at radius 3 is 2.66 bits per heavy atom. The van der Waals surface area contributed by atoms with Gasteiger partial charge in [0.05, 0.1) is 18.6 Å². The van der Waals surface area contributed by atoms with Gasteiger partial charge in [-0.2, -0.15) is 0 Å². The molecule has 32 heavy (non-hydrogen) atoms. The number of hydrogen-bond donors (Lipinski definition) is 1. The number of halogens is 2. The molecular formula is C20H19F2N5O3S2. The van der Waals surface area contributed by atoms with Crippen LogP contribution < -0.4 is 10.2 Å². The molecule has 1 aromatic carbocycles. The van der Waals surface area contributed by atoms with Crippen LogP contribution in [0.4, 0.5) is 13.9 Å². The van der Waals surface area contributed by atoms with Gasteiger partial charge in [0.2, 0.25) is 11.0 Å². The fraction of sp³-hybridized carbons (Fsp3) is 0.300. The summed E-state index contributed by atoms with van der Waals surface area (Å²) in [5.41, 5.74) is 0.122. The summed E-state index contributed by atoms with van der Waals surface area (Å²) < 4.78 is 32.4. The molecule has 0 saturated carbocycles. The van der Waals surface area contributed by atoms with Gasteiger partial charge in [-0.25, -0.2) is 8.78 Å². The van der Waals surface area contributed by atoms with Crippen LogP contribution in [0.5, 0.6) is 0 Å². The largest absolute Gasteiger partial charge is 0.467 e. The molecule has 2 aromatic heterocycles. The number of aromatic nitrogens is 2. The van der Waals surface area contributed by atoms with Crippen molar-refractivity contribution in [3.63, 3.8) is 0 Å². The highest BCUT2D eigenvalue weighted by atomic mass is 32.2. The van der Waals surface area contributed by atoms with Crippen molar-refractivity contribution in [2.24, 2.45) is 0 Å². The smallest absolute Gasteiger partial charge is 0.254 e. The fourth-order valence-electron chi connectivity index (χ4n) is 3.08. The van der Waals surface area contributed by atoms with Crippen molar-refractivity contribution in [3.05, 3.63) is 59.6 Å². The summed E-state index contributed by atoms with van der Waals surface area (Å²) >= 11 is 2.68. The molecule has 1 N–H and O–H groups in total. The fourth-order valence-corrected chi connectivity index (χ4v) is 4.80. The molecule has 0 bridgehead atoms. The van der Waals surface area contributed by atoms with Crippen LogP contribution in [0.3, 0.4) is 0 Å². The van der Waals surface area contributed by atoms with Crippen molar-refractivity contribution in [3.8, 4) is 0 Å². The molecule has 3 aromatic rings. The second-order valence-corrected chi connectivity index (χ2v) is 9.08. The van der Waals surface area contributed by atoms with E-state index in [2.05, 4.69) is 15.5 Å². The summed E-state index contributed by atoms with van der Waals surface area (Å²) in [6.45, 7) is 2.27. The number of carbonyl (C=O) groups is 2. The Morgan fingerprint density at radius 2 is 1.94 bits per heavy atom. The van der Waals surface area contributed by atoms with Crippen LogP contribution in [0.1, 0.15) is 16.1 Å². The monoisotopic (exact) mass is 479 g/mol. The molecule has 1 fully saturated rings. The van der Waals surface area contributed by atoms with Crippen molar-refractivity contribution in [1.82, 2.24) is 20.4 Å². The van der Waals surface area contributed by atoms with Gasteiger partial charge < -0.3 is 19.5 Å². The molecule has 2 amide bonds. The molecular weight excluding hydrogens is 460 g/mol. The molecule has 0 atom stereocenters. The van der Waals surface area contributed by atoms with Gasteiger partial charge in [-0.1, -0.05) is 23.1 Å². The Balaban J connectivity index is 1.24. The van der Waals surface area contributed by atoms with Crippen molar-refractivity contribution in [2.75, 3.05) is 36.8 Å². The number of piperazine rings is 1. The van der Waals surface area contributed by atoms with Crippen LogP contribution in [0.25, 0.3) is 0 Å². The third-order valence-corrected chi connectivity index (χ3v) is 6.88. The number of rotatable bonds is 7. The number of anilines is 1. The maximum Gasteiger partial charge on any atom is 0.254 e. The number of amides is 2. The minimum absolute atomic E-state index is 0.122. The molecule has 3 heterocycles. The first kappa shape index (κ1) is 22.2. The van der Waals surface area contributed by atoms with Gasteiger partial charge in [-0.15, -0.1) is 10.2 Å². The third-order valence-electron chi connectivity index (χ3n) is 4.77. The third kappa shape index (κ3) is 5.43. The molecule has 0 spiro atoms. The molecule has 8 nitrogen and oxygen atoms in total. The lowest BCUT2D eigenvalue weighted by molar-refractivity contribution is -0.118. The molecule has 4 rings (SSSR count). The molecule has 0 radical (unpaired) electrons. The number of hydrogen-bond acceptors (Lipinski definition) is 8. The number of nitrogens with zero attached hydrogens (tertiary/aromatic N) is 4. The Hall–Kier alpha value is -2.99. The lowest BCUT2D eigenvalue weighted by Gasteiger charge is -2.34. The Morgan fingerprint density at radius 1 is 1.12 bits per heavy atom. The van der Waals surface area contributed by atoms with E-state index in [1.54, 1.807) is 23.3 Å². The Bertz CT molecular complexity index is 1080. The van der Waals surface area contributed by atoms with E-state index in [9.17, 15) is 18.4 Å². The normalized spacial score (nSPS) is 13.9. The van der Waals surface area contributed by atoms with E-state index in [1.807, 2.05) is 4.90 Å². The average molecular weight is 480 g/mol. The maximum atomic E-state index is 13.4. The van der Waals surface area contributed by atoms with Crippen LogP contribution in [-0.2, 0) is 11.3 Å². The summed E-state index contributed by atoms with van der Waals surface area (Å²) in [4.78, 5) is 28.1. The molecule has 1 aliphatic rings. The van der Waals surface area contributed by atoms with E-state index in [0.717, 1.165) is 12.1 Å². The zero-order chi connectivity index (χ0) is 22.5. The van der Waals surface area contributed by atoms with E-state index < -0.39 is 11.6 Å². The topological polar surface area (TPSA) is 91.6 Å². The quantitative estimate of drug-likeness (QED) is 0.521. The lowest BCUT2D eigenvalue weighted by atomic mass is 10.1. The van der Waals surface area contributed by atoms with Gasteiger partial charge in [0.25, 0.3) is 5.91 Å². The highest BCUT2D eigenvalue weighted by molar-refractivity contribution is 8.01. The van der Waals surface area contributed by atoms with Gasteiger partial charge >= 0.3 is 0 Å². The van der Waals surface area contributed by atoms with E-state index in [0.29, 0.717) is 48.0 Å². The van der Waals surface area contributed by atoms with Gasteiger partial charge in [-0.3, -0.25) is 9.59 Å². The van der Waals surface area contributed by atoms with Gasteiger partial charge in [0.15, 0.2) is 16.0 Å². The predicted octanol–water partition coefficient (Wildman–Crippen LogP) is 2.78. The first-order valence-electron chi connectivity index (χ1n) is 9.74. The second kappa shape index (κ2) is 10.1. The SMILES string of the molecule is O=C(CSc1nnc(N2CCN(C(=O)c3ccc(F)c(F)c3)CC2)s1)NCc1ccco1. The van der Waals surface area contributed by atoms with E-state index in [-0.39, 0.29) is 23.1 Å². The minimum Gasteiger partial charge on any atom is -0.467 e. The van der Waals surface area contributed by atoms with Crippen LogP contribution in [0, 0.1) is 11.6 Å². The summed E-state index contributed by atoms with van der Waals surface area (Å²) in [7, 11) is 0. The lowest BCUT2D eigenvalue weighted by Crippen LogP contribution is -2.48. The van der Waals surface area contributed by atoms with E-state index in [4.69, 9.17) is 4.42 Å². The van der Waals surface area contributed by atoms with Crippen molar-refractivity contribution < 1.29 is 22.8 Å². The van der Waals surface area contributed by atoms with E-state index >= 15 is 0 Å². The average Bonchev–Trinajstić information content (AvgIpc) is 3.50. The summed E-state index contributed by atoms with van der Waals surface area (Å²) in [5, 5.41) is 11.8. The number of benzene rings is 1. The summed E-state index contributed by atoms with van der Waals surface area (Å²) in [5.74, 6) is -1.59. The zero-order valence-corrected chi connectivity index (χ0v) is 18.4. The minimum atomic E-state index is -1.04. The van der Waals surface area contributed by atoms with Crippen LogP contribution in [-0.4, -0.2) is 58.8 Å². The number of thioether (sulfide) groups is 1. The molecule has 12 heteroatoms. The second-order valence-electron chi connectivity index (χ2n) is 6.90. The Labute approximate surface area is 190 Å². The van der Waals surface area contributed by atoms with Crippen molar-refractivity contribution >= 4 is 40.0 Å². The molecule has 0 aliphatic carbocycles. The van der Waals surface area contributed by atoms with E-state index in [1.165, 1.54) is 29.2 Å². The molecule has 1 aliphatic heterocycles. The van der Waals surface area contributed by atoms with Gasteiger partial charge in [0.1, 0.15) is 5.76 Å². The first-order chi connectivity index (χ1) is 15.5. The van der Waals surface area contributed by atoms with Crippen molar-refractivity contribution in [1.29, 1.82) is 0 Å². The Kier molecular flexibility index (Phi) is 7.00.